The van der Waals surface area contributed by atoms with Crippen LogP contribution in [0.1, 0.15) is 46.8 Å². The average Bonchev–Trinajstić information content (AvgIpc) is 2.92. The molecule has 0 aromatic heterocycles. The SMILES string of the molecule is COc1ccc(C(=O)Nc2ccc(OCc3ccccc3)cc2)cc1COc1ccccc1C(C)C. The van der Waals surface area contributed by atoms with Crippen molar-refractivity contribution in [3.63, 3.8) is 0 Å². The molecule has 0 unspecified atom stereocenters. The van der Waals surface area contributed by atoms with Crippen LogP contribution in [0, 0.1) is 0 Å². The van der Waals surface area contributed by atoms with Crippen LogP contribution in [0.2, 0.25) is 0 Å². The first-order valence-electron chi connectivity index (χ1n) is 12.0. The second-order valence-corrected chi connectivity index (χ2v) is 8.76. The van der Waals surface area contributed by atoms with E-state index in [1.165, 1.54) is 0 Å². The second-order valence-electron chi connectivity index (χ2n) is 8.76. The van der Waals surface area contributed by atoms with Crippen LogP contribution in [0.3, 0.4) is 0 Å². The Labute approximate surface area is 212 Å². The maximum atomic E-state index is 13.0. The number of methoxy groups -OCH3 is 1. The lowest BCUT2D eigenvalue weighted by atomic mass is 10.0. The van der Waals surface area contributed by atoms with Gasteiger partial charge in [0.15, 0.2) is 0 Å². The Kier molecular flexibility index (Phi) is 8.24. The van der Waals surface area contributed by atoms with Crippen molar-refractivity contribution >= 4 is 11.6 Å². The number of carbonyl (C=O) groups is 1. The standard InChI is InChI=1S/C31H31NO4/c1-22(2)28-11-7-8-12-30(28)36-21-25-19-24(13-18-29(25)34-3)31(33)32-26-14-16-27(17-15-26)35-20-23-9-5-4-6-10-23/h4-19,22H,20-21H2,1-3H3,(H,32,33). The molecule has 0 aliphatic carbocycles. The van der Waals surface area contributed by atoms with Crippen LogP contribution in [0.4, 0.5) is 5.69 Å². The molecule has 184 valence electrons. The minimum atomic E-state index is -0.209. The predicted molar refractivity (Wildman–Crippen MR) is 143 cm³/mol. The van der Waals surface area contributed by atoms with E-state index in [1.807, 2.05) is 78.9 Å². The van der Waals surface area contributed by atoms with Gasteiger partial charge in [0.05, 0.1) is 7.11 Å². The van der Waals surface area contributed by atoms with Gasteiger partial charge in [-0.3, -0.25) is 4.79 Å². The molecule has 4 aromatic carbocycles. The summed E-state index contributed by atoms with van der Waals surface area (Å²) < 4.78 is 17.5. The Morgan fingerprint density at radius 3 is 2.22 bits per heavy atom. The number of para-hydroxylation sites is 1. The second kappa shape index (κ2) is 11.9. The molecular weight excluding hydrogens is 450 g/mol. The number of amides is 1. The van der Waals surface area contributed by atoms with Crippen LogP contribution in [-0.2, 0) is 13.2 Å². The lowest BCUT2D eigenvalue weighted by molar-refractivity contribution is 0.102. The highest BCUT2D eigenvalue weighted by atomic mass is 16.5. The summed E-state index contributed by atoms with van der Waals surface area (Å²) in [7, 11) is 1.61. The zero-order chi connectivity index (χ0) is 25.3. The molecule has 0 fully saturated rings. The van der Waals surface area contributed by atoms with Crippen molar-refractivity contribution in [2.45, 2.75) is 33.0 Å². The Morgan fingerprint density at radius 2 is 1.50 bits per heavy atom. The van der Waals surface area contributed by atoms with E-state index in [-0.39, 0.29) is 5.91 Å². The monoisotopic (exact) mass is 481 g/mol. The van der Waals surface area contributed by atoms with E-state index in [0.29, 0.717) is 36.1 Å². The third-order valence-corrected chi connectivity index (χ3v) is 5.83. The van der Waals surface area contributed by atoms with Crippen LogP contribution >= 0.6 is 0 Å². The van der Waals surface area contributed by atoms with Gasteiger partial charge >= 0.3 is 0 Å². The van der Waals surface area contributed by atoms with E-state index in [9.17, 15) is 4.79 Å². The molecule has 0 spiro atoms. The van der Waals surface area contributed by atoms with Crippen LogP contribution in [-0.4, -0.2) is 13.0 Å². The summed E-state index contributed by atoms with van der Waals surface area (Å²) in [6, 6.07) is 30.7. The third-order valence-electron chi connectivity index (χ3n) is 5.83. The molecular formula is C31H31NO4. The van der Waals surface area contributed by atoms with Crippen molar-refractivity contribution in [1.82, 2.24) is 0 Å². The van der Waals surface area contributed by atoms with E-state index in [4.69, 9.17) is 14.2 Å². The Morgan fingerprint density at radius 1 is 0.778 bits per heavy atom. The van der Waals surface area contributed by atoms with Gasteiger partial charge in [0.1, 0.15) is 30.5 Å². The summed E-state index contributed by atoms with van der Waals surface area (Å²) in [4.78, 5) is 13.0. The number of anilines is 1. The predicted octanol–water partition coefficient (Wildman–Crippen LogP) is 7.23. The Bertz CT molecular complexity index is 1280. The molecule has 0 atom stereocenters. The highest BCUT2D eigenvalue weighted by molar-refractivity contribution is 6.04. The Hall–Kier alpha value is -4.25. The molecule has 0 aliphatic heterocycles. The fraction of sp³-hybridized carbons (Fsp3) is 0.194. The Balaban J connectivity index is 1.40. The van der Waals surface area contributed by atoms with Gasteiger partial charge < -0.3 is 19.5 Å². The van der Waals surface area contributed by atoms with Crippen molar-refractivity contribution in [2.75, 3.05) is 12.4 Å². The topological polar surface area (TPSA) is 56.8 Å². The van der Waals surface area contributed by atoms with Crippen molar-refractivity contribution in [2.24, 2.45) is 0 Å². The first-order chi connectivity index (χ1) is 17.5. The summed E-state index contributed by atoms with van der Waals surface area (Å²) in [5.74, 6) is 2.38. The van der Waals surface area contributed by atoms with Gasteiger partial charge in [-0.2, -0.15) is 0 Å². The zero-order valence-corrected chi connectivity index (χ0v) is 20.9. The normalized spacial score (nSPS) is 10.7. The molecule has 1 N–H and O–H groups in total. The first kappa shape index (κ1) is 24.9. The van der Waals surface area contributed by atoms with Gasteiger partial charge in [-0.25, -0.2) is 0 Å². The van der Waals surface area contributed by atoms with Gasteiger partial charge in [0.2, 0.25) is 0 Å². The summed E-state index contributed by atoms with van der Waals surface area (Å²) >= 11 is 0. The van der Waals surface area contributed by atoms with Gasteiger partial charge in [-0.05, 0) is 65.6 Å². The summed E-state index contributed by atoms with van der Waals surface area (Å²) in [6.45, 7) is 5.05. The molecule has 1 amide bonds. The number of benzene rings is 4. The smallest absolute Gasteiger partial charge is 0.255 e. The summed E-state index contributed by atoms with van der Waals surface area (Å²) in [6.07, 6.45) is 0. The lowest BCUT2D eigenvalue weighted by Gasteiger charge is -2.16. The minimum Gasteiger partial charge on any atom is -0.496 e. The number of rotatable bonds is 10. The summed E-state index contributed by atoms with van der Waals surface area (Å²) in [5.41, 5.74) is 4.25. The molecule has 0 aliphatic rings. The molecule has 0 bridgehead atoms. The van der Waals surface area contributed by atoms with E-state index in [2.05, 4.69) is 25.2 Å². The molecule has 4 rings (SSSR count). The molecule has 36 heavy (non-hydrogen) atoms. The zero-order valence-electron chi connectivity index (χ0n) is 20.9. The van der Waals surface area contributed by atoms with Gasteiger partial charge in [0, 0.05) is 16.8 Å². The number of nitrogens with one attached hydrogen (secondary N) is 1. The first-order valence-corrected chi connectivity index (χ1v) is 12.0. The highest BCUT2D eigenvalue weighted by Crippen LogP contribution is 2.28. The molecule has 0 heterocycles. The fourth-order valence-corrected chi connectivity index (χ4v) is 3.86. The maximum Gasteiger partial charge on any atom is 0.255 e. The van der Waals surface area contributed by atoms with Crippen LogP contribution < -0.4 is 19.5 Å². The molecule has 4 aromatic rings. The molecule has 0 saturated heterocycles. The van der Waals surface area contributed by atoms with Gasteiger partial charge in [-0.1, -0.05) is 62.4 Å². The maximum absolute atomic E-state index is 13.0. The number of hydrogen-bond acceptors (Lipinski definition) is 4. The highest BCUT2D eigenvalue weighted by Gasteiger charge is 2.13. The van der Waals surface area contributed by atoms with E-state index in [0.717, 1.165) is 28.2 Å². The van der Waals surface area contributed by atoms with Crippen LogP contribution in [0.15, 0.2) is 97.1 Å². The molecule has 0 saturated carbocycles. The average molecular weight is 482 g/mol. The molecule has 0 radical (unpaired) electrons. The van der Waals surface area contributed by atoms with Crippen molar-refractivity contribution in [3.8, 4) is 17.2 Å². The molecule has 5 nitrogen and oxygen atoms in total. The van der Waals surface area contributed by atoms with Gasteiger partial charge in [-0.15, -0.1) is 0 Å². The third kappa shape index (κ3) is 6.45. The quantitative estimate of drug-likeness (QED) is 0.260. The van der Waals surface area contributed by atoms with Crippen LogP contribution in [0.5, 0.6) is 17.2 Å². The number of ether oxygens (including phenoxy) is 3. The minimum absolute atomic E-state index is 0.209. The largest absolute Gasteiger partial charge is 0.496 e. The van der Waals surface area contributed by atoms with Crippen molar-refractivity contribution in [3.05, 3.63) is 119 Å². The van der Waals surface area contributed by atoms with Crippen LogP contribution in [0.25, 0.3) is 0 Å². The van der Waals surface area contributed by atoms with E-state index in [1.54, 1.807) is 19.2 Å². The lowest BCUT2D eigenvalue weighted by Crippen LogP contribution is -2.13. The summed E-state index contributed by atoms with van der Waals surface area (Å²) in [5, 5.41) is 2.95. The van der Waals surface area contributed by atoms with Crippen molar-refractivity contribution < 1.29 is 19.0 Å². The van der Waals surface area contributed by atoms with E-state index < -0.39 is 0 Å². The number of hydrogen-bond donors (Lipinski definition) is 1. The van der Waals surface area contributed by atoms with E-state index >= 15 is 0 Å². The van der Waals surface area contributed by atoms with Gasteiger partial charge in [0.25, 0.3) is 5.91 Å². The number of carbonyl (C=O) groups excluding carboxylic acids is 1. The molecule has 5 heteroatoms. The van der Waals surface area contributed by atoms with Crippen molar-refractivity contribution in [1.29, 1.82) is 0 Å². The fourth-order valence-electron chi connectivity index (χ4n) is 3.86.